The van der Waals surface area contributed by atoms with Crippen LogP contribution in [0.15, 0.2) is 6.33 Å². The van der Waals surface area contributed by atoms with Crippen molar-refractivity contribution in [2.24, 2.45) is 0 Å². The average Bonchev–Trinajstić information content (AvgIpc) is 2.87. The summed E-state index contributed by atoms with van der Waals surface area (Å²) in [7, 11) is 0. The molecule has 1 aromatic heterocycles. The zero-order valence-corrected chi connectivity index (χ0v) is 10.8. The number of nitrogens with zero attached hydrogens (tertiary/aromatic N) is 2. The van der Waals surface area contributed by atoms with E-state index < -0.39 is 0 Å². The van der Waals surface area contributed by atoms with Gasteiger partial charge in [-0.2, -0.15) is 0 Å². The second-order valence-corrected chi connectivity index (χ2v) is 4.44. The summed E-state index contributed by atoms with van der Waals surface area (Å²) in [5, 5.41) is 3.47. The number of anilines is 2. The van der Waals surface area contributed by atoms with Crippen molar-refractivity contribution < 1.29 is 9.47 Å². The normalized spacial score (nSPS) is 19.1. The van der Waals surface area contributed by atoms with E-state index in [0.29, 0.717) is 24.1 Å². The lowest BCUT2D eigenvalue weighted by atomic mass is 10.3. The van der Waals surface area contributed by atoms with E-state index >= 15 is 0 Å². The smallest absolute Gasteiger partial charge is 0.150 e. The van der Waals surface area contributed by atoms with Gasteiger partial charge in [-0.25, -0.2) is 9.97 Å². The molecule has 1 unspecified atom stereocenters. The molecule has 6 nitrogen and oxygen atoms in total. The predicted octanol–water partition coefficient (Wildman–Crippen LogP) is 1.32. The summed E-state index contributed by atoms with van der Waals surface area (Å²) >= 11 is 5.95. The zero-order chi connectivity index (χ0) is 12.8. The van der Waals surface area contributed by atoms with Gasteiger partial charge in [0.15, 0.2) is 0 Å². The van der Waals surface area contributed by atoms with Gasteiger partial charge in [0.25, 0.3) is 0 Å². The third-order valence-corrected chi connectivity index (χ3v) is 3.04. The van der Waals surface area contributed by atoms with Gasteiger partial charge >= 0.3 is 0 Å². The van der Waals surface area contributed by atoms with E-state index in [9.17, 15) is 0 Å². The van der Waals surface area contributed by atoms with Crippen molar-refractivity contribution in [1.29, 1.82) is 0 Å². The molecule has 0 spiro atoms. The molecule has 3 N–H and O–H groups in total. The number of rotatable bonds is 6. The molecule has 1 atom stereocenters. The van der Waals surface area contributed by atoms with Crippen LogP contribution in [0.5, 0.6) is 0 Å². The van der Waals surface area contributed by atoms with Crippen LogP contribution in [0, 0.1) is 0 Å². The van der Waals surface area contributed by atoms with Gasteiger partial charge in [0, 0.05) is 19.8 Å². The van der Waals surface area contributed by atoms with Crippen LogP contribution in [-0.2, 0) is 9.47 Å². The van der Waals surface area contributed by atoms with Crippen LogP contribution in [0.25, 0.3) is 0 Å². The van der Waals surface area contributed by atoms with E-state index in [1.54, 1.807) is 0 Å². The maximum absolute atomic E-state index is 5.95. The maximum Gasteiger partial charge on any atom is 0.150 e. The highest BCUT2D eigenvalue weighted by Gasteiger charge is 2.15. The number of hydrogen-bond donors (Lipinski definition) is 2. The summed E-state index contributed by atoms with van der Waals surface area (Å²) in [6.07, 6.45) is 3.50. The summed E-state index contributed by atoms with van der Waals surface area (Å²) < 4.78 is 10.9. The number of halogens is 1. The Morgan fingerprint density at radius 3 is 3.22 bits per heavy atom. The van der Waals surface area contributed by atoms with Gasteiger partial charge in [0.2, 0.25) is 0 Å². The number of hydrogen-bond acceptors (Lipinski definition) is 6. The van der Waals surface area contributed by atoms with E-state index in [4.69, 9.17) is 26.8 Å². The Hall–Kier alpha value is -1.11. The molecular formula is C11H17ClN4O2. The monoisotopic (exact) mass is 272 g/mol. The van der Waals surface area contributed by atoms with E-state index in [0.717, 1.165) is 26.0 Å². The summed E-state index contributed by atoms with van der Waals surface area (Å²) in [6, 6.07) is 0. The number of nitrogens with one attached hydrogen (secondary N) is 1. The molecule has 2 rings (SSSR count). The van der Waals surface area contributed by atoms with Crippen molar-refractivity contribution in [2.75, 3.05) is 37.4 Å². The Morgan fingerprint density at radius 1 is 1.56 bits per heavy atom. The fourth-order valence-corrected chi connectivity index (χ4v) is 1.84. The van der Waals surface area contributed by atoms with E-state index in [1.165, 1.54) is 6.33 Å². The van der Waals surface area contributed by atoms with Crippen LogP contribution in [0.2, 0.25) is 5.02 Å². The fraction of sp³-hybridized carbons (Fsp3) is 0.636. The van der Waals surface area contributed by atoms with Crippen LogP contribution < -0.4 is 11.1 Å². The molecule has 0 saturated carbocycles. The SMILES string of the molecule is Nc1ncnc(NCCCOC2CCOC2)c1Cl. The molecule has 1 aromatic rings. The van der Waals surface area contributed by atoms with Gasteiger partial charge in [-0.3, -0.25) is 0 Å². The van der Waals surface area contributed by atoms with Crippen molar-refractivity contribution in [2.45, 2.75) is 18.9 Å². The van der Waals surface area contributed by atoms with Crippen molar-refractivity contribution in [1.82, 2.24) is 9.97 Å². The van der Waals surface area contributed by atoms with Crippen molar-refractivity contribution >= 4 is 23.2 Å². The fourth-order valence-electron chi connectivity index (χ4n) is 1.68. The minimum atomic E-state index is 0.253. The number of nitrogen functional groups attached to an aromatic ring is 1. The topological polar surface area (TPSA) is 82.3 Å². The largest absolute Gasteiger partial charge is 0.382 e. The van der Waals surface area contributed by atoms with E-state index in [-0.39, 0.29) is 11.9 Å². The van der Waals surface area contributed by atoms with E-state index in [1.807, 2.05) is 0 Å². The lowest BCUT2D eigenvalue weighted by Gasteiger charge is -2.11. The summed E-state index contributed by atoms with van der Waals surface area (Å²) in [6.45, 7) is 2.93. The van der Waals surface area contributed by atoms with Gasteiger partial charge in [0.05, 0.1) is 12.7 Å². The Morgan fingerprint density at radius 2 is 2.44 bits per heavy atom. The first-order chi connectivity index (χ1) is 8.77. The molecule has 1 fully saturated rings. The molecular weight excluding hydrogens is 256 g/mol. The summed E-state index contributed by atoms with van der Waals surface area (Å²) in [4.78, 5) is 7.81. The van der Waals surface area contributed by atoms with Crippen LogP contribution in [-0.4, -0.2) is 42.4 Å². The minimum Gasteiger partial charge on any atom is -0.382 e. The standard InChI is InChI=1S/C11H17ClN4O2/c12-9-10(13)15-7-16-11(9)14-3-1-4-18-8-2-5-17-6-8/h7-8H,1-6H2,(H3,13,14,15,16). The third kappa shape index (κ3) is 3.69. The molecule has 0 amide bonds. The molecule has 7 heteroatoms. The highest BCUT2D eigenvalue weighted by atomic mass is 35.5. The molecule has 0 aliphatic carbocycles. The van der Waals surface area contributed by atoms with Crippen molar-refractivity contribution in [3.8, 4) is 0 Å². The van der Waals surface area contributed by atoms with Crippen LogP contribution in [0.1, 0.15) is 12.8 Å². The summed E-state index contributed by atoms with van der Waals surface area (Å²) in [5.74, 6) is 0.849. The first kappa shape index (κ1) is 13.3. The van der Waals surface area contributed by atoms with Gasteiger partial charge < -0.3 is 20.5 Å². The first-order valence-corrected chi connectivity index (χ1v) is 6.34. The molecule has 0 bridgehead atoms. The van der Waals surface area contributed by atoms with Crippen molar-refractivity contribution in [3.63, 3.8) is 0 Å². The van der Waals surface area contributed by atoms with Crippen LogP contribution in [0.3, 0.4) is 0 Å². The van der Waals surface area contributed by atoms with Crippen LogP contribution in [0.4, 0.5) is 11.6 Å². The van der Waals surface area contributed by atoms with Gasteiger partial charge in [-0.15, -0.1) is 0 Å². The molecule has 100 valence electrons. The third-order valence-electron chi connectivity index (χ3n) is 2.67. The molecule has 2 heterocycles. The average molecular weight is 273 g/mol. The van der Waals surface area contributed by atoms with Gasteiger partial charge in [-0.1, -0.05) is 11.6 Å². The molecule has 0 radical (unpaired) electrons. The Bertz CT molecular complexity index is 385. The number of ether oxygens (including phenoxy) is 2. The quantitative estimate of drug-likeness (QED) is 0.760. The zero-order valence-electron chi connectivity index (χ0n) is 10.1. The Labute approximate surface area is 111 Å². The highest BCUT2D eigenvalue weighted by Crippen LogP contribution is 2.22. The molecule has 1 aliphatic heterocycles. The molecule has 18 heavy (non-hydrogen) atoms. The number of nitrogens with two attached hydrogens (primary N) is 1. The first-order valence-electron chi connectivity index (χ1n) is 5.96. The maximum atomic E-state index is 5.95. The molecule has 1 aliphatic rings. The summed E-state index contributed by atoms with van der Waals surface area (Å²) in [5.41, 5.74) is 5.57. The van der Waals surface area contributed by atoms with Crippen LogP contribution >= 0.6 is 11.6 Å². The molecule has 0 aromatic carbocycles. The minimum absolute atomic E-state index is 0.253. The Balaban J connectivity index is 1.64. The second kappa shape index (κ2) is 6.72. The highest BCUT2D eigenvalue weighted by molar-refractivity contribution is 6.35. The lowest BCUT2D eigenvalue weighted by Crippen LogP contribution is -2.15. The van der Waals surface area contributed by atoms with Crippen molar-refractivity contribution in [3.05, 3.63) is 11.3 Å². The predicted molar refractivity (Wildman–Crippen MR) is 69.7 cm³/mol. The Kier molecular flexibility index (Phi) is 4.98. The lowest BCUT2D eigenvalue weighted by molar-refractivity contribution is 0.0427. The van der Waals surface area contributed by atoms with Gasteiger partial charge in [-0.05, 0) is 12.8 Å². The van der Waals surface area contributed by atoms with E-state index in [2.05, 4.69) is 15.3 Å². The molecule has 1 saturated heterocycles. The van der Waals surface area contributed by atoms with Gasteiger partial charge in [0.1, 0.15) is 23.0 Å². The number of aromatic nitrogens is 2. The second-order valence-electron chi connectivity index (χ2n) is 4.06.